The molecule has 0 saturated carbocycles. The van der Waals surface area contributed by atoms with Gasteiger partial charge in [-0.25, -0.2) is 8.78 Å². The van der Waals surface area contributed by atoms with Crippen molar-refractivity contribution in [3.05, 3.63) is 70.9 Å². The predicted octanol–water partition coefficient (Wildman–Crippen LogP) is 5.37. The van der Waals surface area contributed by atoms with E-state index in [0.29, 0.717) is 35.5 Å². The van der Waals surface area contributed by atoms with Gasteiger partial charge < -0.3 is 5.32 Å². The first-order valence-electron chi connectivity index (χ1n) is 10.2. The molecule has 6 heteroatoms. The third kappa shape index (κ3) is 3.51. The number of Topliss-reactive ketones (excluding diaryl/α,β-unsaturated/α-hetero) is 1. The van der Waals surface area contributed by atoms with Gasteiger partial charge >= 0.3 is 0 Å². The van der Waals surface area contributed by atoms with Crippen LogP contribution < -0.4 is 10.2 Å². The Morgan fingerprint density at radius 2 is 1.77 bits per heavy atom. The van der Waals surface area contributed by atoms with Crippen LogP contribution in [0.5, 0.6) is 0 Å². The molecule has 4 rings (SSSR count). The van der Waals surface area contributed by atoms with E-state index in [1.807, 2.05) is 19.1 Å². The monoisotopic (exact) mass is 410 g/mol. The lowest BCUT2D eigenvalue weighted by Gasteiger charge is -2.35. The smallest absolute Gasteiger partial charge is 0.230 e. The Morgan fingerprint density at radius 3 is 2.43 bits per heavy atom. The zero-order valence-corrected chi connectivity index (χ0v) is 17.2. The minimum absolute atomic E-state index is 0.111. The van der Waals surface area contributed by atoms with Crippen LogP contribution in [0.15, 0.2) is 53.7 Å². The highest BCUT2D eigenvalue weighted by molar-refractivity contribution is 6.06. The molecule has 0 saturated heterocycles. The Hall–Kier alpha value is -3.02. The molecule has 0 radical (unpaired) electrons. The summed E-state index contributed by atoms with van der Waals surface area (Å²) in [5.74, 6) is -2.07. The summed E-state index contributed by atoms with van der Waals surface area (Å²) in [6.45, 7) is 5.53. The number of ketones is 1. The van der Waals surface area contributed by atoms with E-state index in [9.17, 15) is 18.4 Å². The maximum Gasteiger partial charge on any atom is 0.230 e. The number of amides is 1. The first kappa shape index (κ1) is 20.3. The maximum absolute atomic E-state index is 14.2. The Balaban J connectivity index is 2.04. The highest BCUT2D eigenvalue weighted by atomic mass is 19.1. The van der Waals surface area contributed by atoms with E-state index in [4.69, 9.17) is 0 Å². The molecule has 0 unspecified atom stereocenters. The number of benzene rings is 2. The number of anilines is 2. The Bertz CT molecular complexity index is 1040. The van der Waals surface area contributed by atoms with Crippen LogP contribution in [0, 0.1) is 23.5 Å². The first-order chi connectivity index (χ1) is 14.3. The lowest BCUT2D eigenvalue weighted by atomic mass is 9.81. The molecule has 2 atom stereocenters. The fraction of sp³-hybridized carbons (Fsp3) is 0.333. The Kier molecular flexibility index (Phi) is 5.18. The quantitative estimate of drug-likeness (QED) is 0.724. The van der Waals surface area contributed by atoms with Crippen LogP contribution in [-0.4, -0.2) is 11.7 Å². The molecule has 1 aliphatic heterocycles. The van der Waals surface area contributed by atoms with Crippen molar-refractivity contribution in [3.63, 3.8) is 0 Å². The largest absolute Gasteiger partial charge is 0.357 e. The molecule has 1 aliphatic carbocycles. The van der Waals surface area contributed by atoms with Crippen molar-refractivity contribution in [1.82, 2.24) is 0 Å². The van der Waals surface area contributed by atoms with Crippen molar-refractivity contribution in [2.24, 2.45) is 11.8 Å². The average Bonchev–Trinajstić information content (AvgIpc) is 2.80. The van der Waals surface area contributed by atoms with Crippen molar-refractivity contribution < 1.29 is 18.4 Å². The van der Waals surface area contributed by atoms with Crippen molar-refractivity contribution >= 4 is 23.1 Å². The van der Waals surface area contributed by atoms with Gasteiger partial charge in [-0.1, -0.05) is 32.9 Å². The molecule has 1 heterocycles. The fourth-order valence-electron chi connectivity index (χ4n) is 4.35. The van der Waals surface area contributed by atoms with Crippen molar-refractivity contribution in [1.29, 1.82) is 0 Å². The van der Waals surface area contributed by atoms with Crippen molar-refractivity contribution in [3.8, 4) is 0 Å². The van der Waals surface area contributed by atoms with Gasteiger partial charge in [-0.2, -0.15) is 0 Å². The van der Waals surface area contributed by atoms with Gasteiger partial charge in [0.05, 0.1) is 17.4 Å². The van der Waals surface area contributed by atoms with E-state index >= 15 is 0 Å². The second-order valence-electron chi connectivity index (χ2n) is 8.44. The zero-order chi connectivity index (χ0) is 21.6. The maximum atomic E-state index is 14.2. The standard InChI is InChI=1S/C24H24F2N2O2/c1-13(2)24(30)28-20-7-5-4-6-18(20)27-19-8-14(3)9-21(29)22(19)23(28)15-10-16(25)12-17(26)11-15/h4-7,10-14,23,27H,8-9H2,1-3H3/t14-,23-/m0/s1. The van der Waals surface area contributed by atoms with Gasteiger partial charge in [-0.3, -0.25) is 14.5 Å². The molecule has 2 aromatic rings. The third-order valence-electron chi connectivity index (χ3n) is 5.62. The van der Waals surface area contributed by atoms with E-state index in [1.54, 1.807) is 26.0 Å². The van der Waals surface area contributed by atoms with Gasteiger partial charge in [0.1, 0.15) is 11.6 Å². The Morgan fingerprint density at radius 1 is 1.10 bits per heavy atom. The first-order valence-corrected chi connectivity index (χ1v) is 10.2. The molecular weight excluding hydrogens is 386 g/mol. The van der Waals surface area contributed by atoms with Gasteiger partial charge in [0.25, 0.3) is 0 Å². The summed E-state index contributed by atoms with van der Waals surface area (Å²) in [6.07, 6.45) is 0.947. The molecule has 0 aromatic heterocycles. The van der Waals surface area contributed by atoms with E-state index < -0.39 is 17.7 Å². The summed E-state index contributed by atoms with van der Waals surface area (Å²) in [5, 5.41) is 3.35. The minimum atomic E-state index is -0.906. The summed E-state index contributed by atoms with van der Waals surface area (Å²) in [4.78, 5) is 28.1. The zero-order valence-electron chi connectivity index (χ0n) is 17.2. The van der Waals surface area contributed by atoms with Crippen LogP contribution in [0.3, 0.4) is 0 Å². The number of allylic oxidation sites excluding steroid dienone is 1. The molecule has 0 spiro atoms. The molecule has 1 amide bonds. The number of para-hydroxylation sites is 2. The van der Waals surface area contributed by atoms with Gasteiger partial charge in [0, 0.05) is 29.7 Å². The lowest BCUT2D eigenvalue weighted by Crippen LogP contribution is -2.40. The highest BCUT2D eigenvalue weighted by Gasteiger charge is 2.41. The summed E-state index contributed by atoms with van der Waals surface area (Å²) in [6, 6.07) is 9.59. The van der Waals surface area contributed by atoms with Crippen molar-refractivity contribution in [2.45, 2.75) is 39.7 Å². The number of nitrogens with zero attached hydrogens (tertiary/aromatic N) is 1. The summed E-state index contributed by atoms with van der Waals surface area (Å²) >= 11 is 0. The normalized spacial score (nSPS) is 21.1. The number of nitrogens with one attached hydrogen (secondary N) is 1. The highest BCUT2D eigenvalue weighted by Crippen LogP contribution is 2.46. The molecule has 30 heavy (non-hydrogen) atoms. The van der Waals surface area contributed by atoms with Crippen LogP contribution in [-0.2, 0) is 9.59 Å². The van der Waals surface area contributed by atoms with E-state index in [1.165, 1.54) is 17.0 Å². The van der Waals surface area contributed by atoms with Crippen LogP contribution >= 0.6 is 0 Å². The van der Waals surface area contributed by atoms with Crippen LogP contribution in [0.2, 0.25) is 0 Å². The predicted molar refractivity (Wildman–Crippen MR) is 112 cm³/mol. The van der Waals surface area contributed by atoms with Gasteiger partial charge in [0.2, 0.25) is 5.91 Å². The molecule has 2 aromatic carbocycles. The third-order valence-corrected chi connectivity index (χ3v) is 5.62. The number of halogens is 2. The summed E-state index contributed by atoms with van der Waals surface area (Å²) < 4.78 is 28.4. The second kappa shape index (κ2) is 7.67. The summed E-state index contributed by atoms with van der Waals surface area (Å²) in [5.41, 5.74) is 2.64. The average molecular weight is 410 g/mol. The Labute approximate surface area is 174 Å². The molecule has 1 N–H and O–H groups in total. The lowest BCUT2D eigenvalue weighted by molar-refractivity contribution is -0.121. The SMILES string of the molecule is CC(C)C(=O)N1c2ccccc2NC2=C(C(=O)C[C@@H](C)C2)[C@@H]1c1cc(F)cc(F)c1. The van der Waals surface area contributed by atoms with Gasteiger partial charge in [-0.05, 0) is 42.2 Å². The van der Waals surface area contributed by atoms with Crippen molar-refractivity contribution in [2.75, 3.05) is 10.2 Å². The molecular formula is C24H24F2N2O2. The van der Waals surface area contributed by atoms with Gasteiger partial charge in [0.15, 0.2) is 5.78 Å². The van der Waals surface area contributed by atoms with E-state index in [0.717, 1.165) is 6.07 Å². The van der Waals surface area contributed by atoms with Crippen LogP contribution in [0.25, 0.3) is 0 Å². The molecule has 0 bridgehead atoms. The minimum Gasteiger partial charge on any atom is -0.357 e. The van der Waals surface area contributed by atoms with E-state index in [2.05, 4.69) is 5.32 Å². The van der Waals surface area contributed by atoms with Gasteiger partial charge in [-0.15, -0.1) is 0 Å². The van der Waals surface area contributed by atoms with Crippen LogP contribution in [0.1, 0.15) is 45.2 Å². The molecule has 4 nitrogen and oxygen atoms in total. The van der Waals surface area contributed by atoms with E-state index in [-0.39, 0.29) is 29.1 Å². The number of rotatable bonds is 2. The number of fused-ring (bicyclic) bond motifs is 1. The molecule has 2 aliphatic rings. The van der Waals surface area contributed by atoms with Crippen LogP contribution in [0.4, 0.5) is 20.2 Å². The number of hydrogen-bond donors (Lipinski definition) is 1. The topological polar surface area (TPSA) is 49.4 Å². The summed E-state index contributed by atoms with van der Waals surface area (Å²) in [7, 11) is 0. The number of hydrogen-bond acceptors (Lipinski definition) is 3. The fourth-order valence-corrected chi connectivity index (χ4v) is 4.35. The number of carbonyl (C=O) groups is 2. The molecule has 0 fully saturated rings. The second-order valence-corrected chi connectivity index (χ2v) is 8.44. The molecule has 156 valence electrons. The number of carbonyl (C=O) groups excluding carboxylic acids is 2.